The van der Waals surface area contributed by atoms with Crippen molar-refractivity contribution in [3.8, 4) is 0 Å². The Kier molecular flexibility index (Phi) is 4.36. The molecule has 0 saturated heterocycles. The molecule has 0 spiro atoms. The van der Waals surface area contributed by atoms with Gasteiger partial charge in [0.05, 0.1) is 28.0 Å². The molecule has 1 aromatic carbocycles. The molecule has 7 heteroatoms. The van der Waals surface area contributed by atoms with Crippen LogP contribution >= 0.6 is 27.5 Å². The Morgan fingerprint density at radius 2 is 2.00 bits per heavy atom. The highest BCUT2D eigenvalue weighted by atomic mass is 79.9. The predicted molar refractivity (Wildman–Crippen MR) is 78.3 cm³/mol. The largest absolute Gasteiger partial charge is 0.478 e. The fourth-order valence-electron chi connectivity index (χ4n) is 1.55. The van der Waals surface area contributed by atoms with Gasteiger partial charge >= 0.3 is 5.97 Å². The number of carbonyl (C=O) groups is 2. The summed E-state index contributed by atoms with van der Waals surface area (Å²) in [5.74, 6) is -1.66. The predicted octanol–water partition coefficient (Wildman–Crippen LogP) is 3.45. The van der Waals surface area contributed by atoms with Crippen LogP contribution in [0.4, 0.5) is 5.69 Å². The fourth-order valence-corrected chi connectivity index (χ4v) is 2.13. The molecular formula is C13H8BrClN2O3. The number of carboxylic acid groups (broad SMARTS) is 1. The van der Waals surface area contributed by atoms with Crippen molar-refractivity contribution in [2.24, 2.45) is 0 Å². The minimum atomic E-state index is -1.15. The number of amides is 1. The van der Waals surface area contributed by atoms with Crippen molar-refractivity contribution in [3.63, 3.8) is 0 Å². The average molecular weight is 356 g/mol. The number of benzene rings is 1. The van der Waals surface area contributed by atoms with Crippen LogP contribution in [0.5, 0.6) is 0 Å². The van der Waals surface area contributed by atoms with Crippen molar-refractivity contribution < 1.29 is 14.7 Å². The summed E-state index contributed by atoms with van der Waals surface area (Å²) in [5.41, 5.74) is 0.307. The van der Waals surface area contributed by atoms with Crippen LogP contribution in [0.25, 0.3) is 0 Å². The van der Waals surface area contributed by atoms with Crippen molar-refractivity contribution in [1.29, 1.82) is 0 Å². The first kappa shape index (κ1) is 14.5. The van der Waals surface area contributed by atoms with E-state index in [2.05, 4.69) is 26.2 Å². The standard InChI is InChI=1S/C13H8BrClN2O3/c14-9-3-1-2-8(11(9)15)12(18)17-10-6-16-5-4-7(10)13(19)20/h1-6H,(H,17,18)(H,19,20). The Morgan fingerprint density at radius 3 is 2.70 bits per heavy atom. The SMILES string of the molecule is O=C(O)c1ccncc1NC(=O)c1cccc(Br)c1Cl. The number of hydrogen-bond acceptors (Lipinski definition) is 3. The van der Waals surface area contributed by atoms with E-state index in [1.54, 1.807) is 18.2 Å². The number of nitrogens with one attached hydrogen (secondary N) is 1. The van der Waals surface area contributed by atoms with E-state index in [0.717, 1.165) is 0 Å². The molecule has 0 radical (unpaired) electrons. The smallest absolute Gasteiger partial charge is 0.337 e. The fraction of sp³-hybridized carbons (Fsp3) is 0. The number of anilines is 1. The van der Waals surface area contributed by atoms with E-state index in [1.807, 2.05) is 0 Å². The lowest BCUT2D eigenvalue weighted by molar-refractivity contribution is 0.0698. The van der Waals surface area contributed by atoms with Crippen molar-refractivity contribution in [2.75, 3.05) is 5.32 Å². The van der Waals surface area contributed by atoms with Crippen molar-refractivity contribution >= 4 is 45.1 Å². The zero-order valence-electron chi connectivity index (χ0n) is 9.93. The normalized spacial score (nSPS) is 10.1. The maximum Gasteiger partial charge on any atom is 0.337 e. The maximum atomic E-state index is 12.1. The molecule has 0 fully saturated rings. The van der Waals surface area contributed by atoms with Crippen LogP contribution in [0.3, 0.4) is 0 Å². The van der Waals surface area contributed by atoms with Crippen molar-refractivity contribution in [3.05, 3.63) is 57.3 Å². The molecule has 1 heterocycles. The third kappa shape index (κ3) is 2.97. The average Bonchev–Trinajstić information content (AvgIpc) is 2.42. The van der Waals surface area contributed by atoms with Gasteiger partial charge in [-0.15, -0.1) is 0 Å². The summed E-state index contributed by atoms with van der Waals surface area (Å²) < 4.78 is 0.580. The highest BCUT2D eigenvalue weighted by molar-refractivity contribution is 9.10. The first-order valence-corrected chi connectivity index (χ1v) is 6.60. The number of halogens is 2. The minimum absolute atomic E-state index is 0.0422. The third-order valence-corrected chi connectivity index (χ3v) is 3.79. The summed E-state index contributed by atoms with van der Waals surface area (Å²) in [6, 6.07) is 6.21. The van der Waals surface area contributed by atoms with E-state index in [0.29, 0.717) is 4.47 Å². The van der Waals surface area contributed by atoms with Crippen LogP contribution in [0.1, 0.15) is 20.7 Å². The zero-order valence-corrected chi connectivity index (χ0v) is 12.3. The van der Waals surface area contributed by atoms with Gasteiger partial charge in [-0.1, -0.05) is 17.7 Å². The van der Waals surface area contributed by atoms with Gasteiger partial charge in [0.25, 0.3) is 5.91 Å². The van der Waals surface area contributed by atoms with Crippen LogP contribution < -0.4 is 5.32 Å². The summed E-state index contributed by atoms with van der Waals surface area (Å²) in [6.45, 7) is 0. The van der Waals surface area contributed by atoms with Crippen LogP contribution in [-0.4, -0.2) is 22.0 Å². The molecule has 2 aromatic rings. The molecule has 0 aliphatic carbocycles. The number of nitrogens with zero attached hydrogens (tertiary/aromatic N) is 1. The van der Waals surface area contributed by atoms with E-state index >= 15 is 0 Å². The summed E-state index contributed by atoms with van der Waals surface area (Å²) in [4.78, 5) is 27.0. The van der Waals surface area contributed by atoms with E-state index < -0.39 is 11.9 Å². The molecule has 20 heavy (non-hydrogen) atoms. The van der Waals surface area contributed by atoms with Crippen LogP contribution in [0.15, 0.2) is 41.1 Å². The Labute approximate surface area is 127 Å². The zero-order chi connectivity index (χ0) is 14.7. The highest BCUT2D eigenvalue weighted by Crippen LogP contribution is 2.27. The lowest BCUT2D eigenvalue weighted by Crippen LogP contribution is -2.15. The van der Waals surface area contributed by atoms with Crippen LogP contribution in [-0.2, 0) is 0 Å². The van der Waals surface area contributed by atoms with Gasteiger partial charge in [0.15, 0.2) is 0 Å². The van der Waals surface area contributed by atoms with Gasteiger partial charge in [0.1, 0.15) is 0 Å². The van der Waals surface area contributed by atoms with E-state index in [-0.39, 0.29) is 21.8 Å². The highest BCUT2D eigenvalue weighted by Gasteiger charge is 2.16. The topological polar surface area (TPSA) is 79.3 Å². The number of carboxylic acids is 1. The molecule has 1 amide bonds. The van der Waals surface area contributed by atoms with Gasteiger partial charge in [-0.25, -0.2) is 4.79 Å². The second kappa shape index (κ2) is 6.02. The maximum absolute atomic E-state index is 12.1. The summed E-state index contributed by atoms with van der Waals surface area (Å²) >= 11 is 9.24. The molecule has 1 aromatic heterocycles. The molecule has 0 saturated carbocycles. The number of aromatic nitrogens is 1. The van der Waals surface area contributed by atoms with Crippen molar-refractivity contribution in [2.45, 2.75) is 0 Å². The Bertz CT molecular complexity index is 691. The number of hydrogen-bond donors (Lipinski definition) is 2. The van der Waals surface area contributed by atoms with Crippen LogP contribution in [0, 0.1) is 0 Å². The monoisotopic (exact) mass is 354 g/mol. The molecule has 5 nitrogen and oxygen atoms in total. The van der Waals surface area contributed by atoms with Gasteiger partial charge in [-0.2, -0.15) is 0 Å². The quantitative estimate of drug-likeness (QED) is 0.884. The Morgan fingerprint density at radius 1 is 1.25 bits per heavy atom. The lowest BCUT2D eigenvalue weighted by atomic mass is 10.2. The molecule has 0 aliphatic heterocycles. The summed E-state index contributed by atoms with van der Waals surface area (Å²) in [7, 11) is 0. The van der Waals surface area contributed by atoms with Gasteiger partial charge < -0.3 is 10.4 Å². The van der Waals surface area contributed by atoms with E-state index in [4.69, 9.17) is 16.7 Å². The lowest BCUT2D eigenvalue weighted by Gasteiger charge is -2.09. The Balaban J connectivity index is 2.33. The minimum Gasteiger partial charge on any atom is -0.478 e. The second-order valence-electron chi connectivity index (χ2n) is 3.78. The molecule has 102 valence electrons. The molecule has 0 aliphatic rings. The molecule has 0 unspecified atom stereocenters. The van der Waals surface area contributed by atoms with E-state index in [1.165, 1.54) is 18.5 Å². The summed E-state index contributed by atoms with van der Waals surface area (Å²) in [6.07, 6.45) is 2.61. The first-order chi connectivity index (χ1) is 9.50. The van der Waals surface area contributed by atoms with Gasteiger partial charge in [0.2, 0.25) is 0 Å². The number of aromatic carboxylic acids is 1. The molecule has 0 atom stereocenters. The Hall–Kier alpha value is -1.92. The number of carbonyl (C=O) groups excluding carboxylic acids is 1. The second-order valence-corrected chi connectivity index (χ2v) is 5.01. The molecule has 2 N–H and O–H groups in total. The molecule has 2 rings (SSSR count). The van der Waals surface area contributed by atoms with Crippen LogP contribution in [0.2, 0.25) is 5.02 Å². The van der Waals surface area contributed by atoms with Gasteiger partial charge in [-0.3, -0.25) is 9.78 Å². The van der Waals surface area contributed by atoms with E-state index in [9.17, 15) is 9.59 Å². The number of pyridine rings is 1. The molecular weight excluding hydrogens is 348 g/mol. The van der Waals surface area contributed by atoms with Gasteiger partial charge in [0, 0.05) is 10.7 Å². The first-order valence-electron chi connectivity index (χ1n) is 5.43. The third-order valence-electron chi connectivity index (χ3n) is 2.50. The number of rotatable bonds is 3. The van der Waals surface area contributed by atoms with Gasteiger partial charge in [-0.05, 0) is 34.1 Å². The summed E-state index contributed by atoms with van der Waals surface area (Å²) in [5, 5.41) is 11.8. The van der Waals surface area contributed by atoms with Crippen molar-refractivity contribution in [1.82, 2.24) is 4.98 Å². The molecule has 0 bridgehead atoms.